The van der Waals surface area contributed by atoms with E-state index in [1.54, 1.807) is 11.9 Å². The van der Waals surface area contributed by atoms with Gasteiger partial charge in [-0.2, -0.15) is 5.10 Å². The van der Waals surface area contributed by atoms with Gasteiger partial charge in [0.1, 0.15) is 23.7 Å². The fourth-order valence-corrected chi connectivity index (χ4v) is 5.41. The molecule has 1 amide bonds. The molecule has 9 nitrogen and oxygen atoms in total. The van der Waals surface area contributed by atoms with Gasteiger partial charge in [-0.3, -0.25) is 0 Å². The molecule has 1 unspecified atom stereocenters. The Kier molecular flexibility index (Phi) is 10.6. The highest BCUT2D eigenvalue weighted by molar-refractivity contribution is 5.67. The fraction of sp³-hybridized carbons (Fsp3) is 0.543. The van der Waals surface area contributed by atoms with E-state index in [0.717, 1.165) is 61.3 Å². The number of likely N-dealkylation sites (N-methyl/N-ethyl adjacent to an activating group) is 2. The maximum Gasteiger partial charge on any atom is 0.410 e. The van der Waals surface area contributed by atoms with Crippen LogP contribution < -0.4 is 4.74 Å². The topological polar surface area (TPSA) is 78.3 Å². The molecule has 238 valence electrons. The lowest BCUT2D eigenvalue weighted by Crippen LogP contribution is -2.39. The van der Waals surface area contributed by atoms with Crippen LogP contribution in [0.25, 0.3) is 11.3 Å². The van der Waals surface area contributed by atoms with Gasteiger partial charge in [-0.1, -0.05) is 30.3 Å². The first kappa shape index (κ1) is 32.0. The van der Waals surface area contributed by atoms with Crippen molar-refractivity contribution >= 4 is 6.09 Å². The molecule has 1 aromatic heterocycles. The van der Waals surface area contributed by atoms with Crippen LogP contribution in [0.15, 0.2) is 60.8 Å². The van der Waals surface area contributed by atoms with E-state index in [1.807, 2.05) is 55.8 Å². The van der Waals surface area contributed by atoms with Crippen LogP contribution in [0, 0.1) is 0 Å². The molecule has 1 aliphatic carbocycles. The molecule has 9 heteroatoms. The van der Waals surface area contributed by atoms with Gasteiger partial charge in [0.25, 0.3) is 0 Å². The van der Waals surface area contributed by atoms with Crippen molar-refractivity contribution in [2.75, 3.05) is 33.8 Å². The molecule has 2 aromatic carbocycles. The Morgan fingerprint density at radius 1 is 1.00 bits per heavy atom. The molecular formula is C35H48N4O5. The third-order valence-corrected chi connectivity index (χ3v) is 8.03. The number of ether oxygens (including phenoxy) is 4. The van der Waals surface area contributed by atoms with Gasteiger partial charge in [0, 0.05) is 63.5 Å². The number of aromatic nitrogens is 2. The average Bonchev–Trinajstić information content (AvgIpc) is 3.41. The number of carbonyl (C=O) groups is 1. The molecule has 3 aromatic rings. The van der Waals surface area contributed by atoms with E-state index in [0.29, 0.717) is 26.2 Å². The summed E-state index contributed by atoms with van der Waals surface area (Å²) in [7, 11) is 3.84. The summed E-state index contributed by atoms with van der Waals surface area (Å²) in [6.45, 7) is 8.99. The van der Waals surface area contributed by atoms with Gasteiger partial charge >= 0.3 is 6.09 Å². The van der Waals surface area contributed by atoms with Crippen LogP contribution in [0.4, 0.5) is 4.79 Å². The van der Waals surface area contributed by atoms with Crippen LogP contribution in [0.1, 0.15) is 70.2 Å². The smallest absolute Gasteiger partial charge is 0.410 e. The molecule has 2 heterocycles. The number of hydrogen-bond donors (Lipinski definition) is 0. The van der Waals surface area contributed by atoms with E-state index in [2.05, 4.69) is 42.4 Å². The van der Waals surface area contributed by atoms with Crippen LogP contribution in [-0.4, -0.2) is 77.3 Å². The Morgan fingerprint density at radius 3 is 2.43 bits per heavy atom. The van der Waals surface area contributed by atoms with Crippen LogP contribution in [0.5, 0.6) is 5.75 Å². The largest absolute Gasteiger partial charge is 0.490 e. The molecule has 1 atom stereocenters. The molecule has 0 spiro atoms. The summed E-state index contributed by atoms with van der Waals surface area (Å²) in [6, 6.07) is 18.5. The van der Waals surface area contributed by atoms with Crippen molar-refractivity contribution in [3.8, 4) is 17.0 Å². The number of hydrogen-bond acceptors (Lipinski definition) is 7. The van der Waals surface area contributed by atoms with E-state index < -0.39 is 5.60 Å². The van der Waals surface area contributed by atoms with Crippen molar-refractivity contribution in [3.63, 3.8) is 0 Å². The lowest BCUT2D eigenvalue weighted by molar-refractivity contribution is -0.0683. The van der Waals surface area contributed by atoms with E-state index >= 15 is 0 Å². The van der Waals surface area contributed by atoms with E-state index in [1.165, 1.54) is 5.56 Å². The molecule has 44 heavy (non-hydrogen) atoms. The first-order valence-electron chi connectivity index (χ1n) is 15.9. The Bertz CT molecular complexity index is 1330. The van der Waals surface area contributed by atoms with Crippen molar-refractivity contribution in [1.29, 1.82) is 0 Å². The second-order valence-electron chi connectivity index (χ2n) is 13.1. The lowest BCUT2D eigenvalue weighted by atomic mass is 9.92. The van der Waals surface area contributed by atoms with E-state index in [9.17, 15) is 4.79 Å². The third kappa shape index (κ3) is 9.06. The minimum absolute atomic E-state index is 0.0434. The van der Waals surface area contributed by atoms with Crippen LogP contribution >= 0.6 is 0 Å². The third-order valence-electron chi connectivity index (χ3n) is 8.03. The van der Waals surface area contributed by atoms with Gasteiger partial charge in [-0.25, -0.2) is 9.48 Å². The highest BCUT2D eigenvalue weighted by atomic mass is 16.6. The van der Waals surface area contributed by atoms with E-state index in [4.69, 9.17) is 24.0 Å². The van der Waals surface area contributed by atoms with Crippen LogP contribution in [0.2, 0.25) is 0 Å². The first-order valence-corrected chi connectivity index (χ1v) is 15.9. The average molecular weight is 605 g/mol. The summed E-state index contributed by atoms with van der Waals surface area (Å²) < 4.78 is 25.8. The second-order valence-corrected chi connectivity index (χ2v) is 13.1. The summed E-state index contributed by atoms with van der Waals surface area (Å²) in [5.41, 5.74) is 3.78. The normalized spacial score (nSPS) is 20.3. The maximum atomic E-state index is 12.4. The van der Waals surface area contributed by atoms with Gasteiger partial charge in [0.2, 0.25) is 0 Å². The summed E-state index contributed by atoms with van der Waals surface area (Å²) in [5, 5.41) is 5.02. The van der Waals surface area contributed by atoms with Crippen molar-refractivity contribution < 1.29 is 23.7 Å². The molecule has 0 N–H and O–H groups in total. The minimum Gasteiger partial charge on any atom is -0.490 e. The fourth-order valence-electron chi connectivity index (χ4n) is 5.41. The first-order chi connectivity index (χ1) is 21.1. The molecule has 2 fully saturated rings. The highest BCUT2D eigenvalue weighted by Crippen LogP contribution is 2.32. The highest BCUT2D eigenvalue weighted by Gasteiger charge is 2.32. The van der Waals surface area contributed by atoms with Gasteiger partial charge < -0.3 is 28.7 Å². The Morgan fingerprint density at radius 2 is 1.75 bits per heavy atom. The molecule has 0 bridgehead atoms. The van der Waals surface area contributed by atoms with Crippen LogP contribution in [-0.2, 0) is 27.4 Å². The Balaban J connectivity index is 1.18. The molecule has 2 aliphatic rings. The second kappa shape index (κ2) is 14.6. The summed E-state index contributed by atoms with van der Waals surface area (Å²) >= 11 is 0. The SMILES string of the molecule is CN(CCN(C)C(=O)OC(C)(C)C)Cc1cn(C2CCCCO2)nc1-c1ccc(OC2CC(OCc3ccccc3)C2)cc1. The molecular weight excluding hydrogens is 556 g/mol. The van der Waals surface area contributed by atoms with Crippen molar-refractivity contribution in [2.45, 2.75) is 90.1 Å². The van der Waals surface area contributed by atoms with Crippen LogP contribution in [0.3, 0.4) is 0 Å². The summed E-state index contributed by atoms with van der Waals surface area (Å²) in [5.74, 6) is 0.860. The predicted molar refractivity (Wildman–Crippen MR) is 170 cm³/mol. The number of amides is 1. The zero-order chi connectivity index (χ0) is 31.1. The van der Waals surface area contributed by atoms with Gasteiger partial charge in [0.05, 0.1) is 18.4 Å². The monoisotopic (exact) mass is 604 g/mol. The van der Waals surface area contributed by atoms with Gasteiger partial charge in [-0.15, -0.1) is 0 Å². The van der Waals surface area contributed by atoms with Crippen molar-refractivity contribution in [2.24, 2.45) is 0 Å². The quantitative estimate of drug-likeness (QED) is 0.228. The van der Waals surface area contributed by atoms with Crippen molar-refractivity contribution in [1.82, 2.24) is 19.6 Å². The Labute approximate surface area is 262 Å². The van der Waals surface area contributed by atoms with Crippen molar-refractivity contribution in [3.05, 3.63) is 71.9 Å². The molecule has 1 saturated heterocycles. The number of carbonyl (C=O) groups excluding carboxylic acids is 1. The molecule has 5 rings (SSSR count). The predicted octanol–water partition coefficient (Wildman–Crippen LogP) is 6.67. The lowest BCUT2D eigenvalue weighted by Gasteiger charge is -2.35. The molecule has 1 saturated carbocycles. The number of rotatable bonds is 12. The summed E-state index contributed by atoms with van der Waals surface area (Å²) in [6.07, 6.45) is 7.17. The zero-order valence-electron chi connectivity index (χ0n) is 26.9. The van der Waals surface area contributed by atoms with E-state index in [-0.39, 0.29) is 24.5 Å². The standard InChI is InChI=1S/C35H48N4O5/c1-35(2,3)44-34(40)38(5)19-18-37(4)23-28-24-39(32-13-9-10-20-41-32)36-33(28)27-14-16-29(17-15-27)43-31-21-30(22-31)42-25-26-11-7-6-8-12-26/h6-8,11-12,14-17,24,30-32H,9-10,13,18-23,25H2,1-5H3. The number of nitrogens with zero attached hydrogens (tertiary/aromatic N) is 4. The summed E-state index contributed by atoms with van der Waals surface area (Å²) in [4.78, 5) is 16.2. The zero-order valence-corrected chi connectivity index (χ0v) is 26.9. The maximum absolute atomic E-state index is 12.4. The van der Waals surface area contributed by atoms with Gasteiger partial charge in [0.15, 0.2) is 0 Å². The number of benzene rings is 2. The molecule has 0 radical (unpaired) electrons. The van der Waals surface area contributed by atoms with Gasteiger partial charge in [-0.05, 0) is 76.9 Å². The minimum atomic E-state index is -0.514. The molecule has 1 aliphatic heterocycles. The Hall–Kier alpha value is -3.40.